The number of rotatable bonds is 5. The van der Waals surface area contributed by atoms with Crippen LogP contribution in [0.1, 0.15) is 37.1 Å². The molecule has 0 spiro atoms. The first-order valence-electron chi connectivity index (χ1n) is 8.99. The number of aromatic nitrogens is 1. The van der Waals surface area contributed by atoms with Crippen molar-refractivity contribution in [3.05, 3.63) is 65.5 Å². The molecule has 0 amide bonds. The molecule has 0 unspecified atom stereocenters. The molecule has 0 aliphatic carbocycles. The van der Waals surface area contributed by atoms with Crippen LogP contribution in [0.5, 0.6) is 0 Å². The second kappa shape index (κ2) is 7.45. The highest BCUT2D eigenvalue weighted by atomic mass is 16.3. The zero-order chi connectivity index (χ0) is 17.0. The van der Waals surface area contributed by atoms with E-state index in [-0.39, 0.29) is 5.92 Å². The zero-order valence-electron chi connectivity index (χ0n) is 14.8. The van der Waals surface area contributed by atoms with E-state index in [9.17, 15) is 5.11 Å². The first kappa shape index (κ1) is 17.1. The molecule has 128 valence electrons. The Hall–Kier alpha value is -1.71. The molecule has 2 atom stereocenters. The van der Waals surface area contributed by atoms with E-state index in [2.05, 4.69) is 53.2 Å². The summed E-state index contributed by atoms with van der Waals surface area (Å²) in [5, 5.41) is 10.8. The molecule has 1 saturated heterocycles. The summed E-state index contributed by atoms with van der Waals surface area (Å²) >= 11 is 0. The fraction of sp³-hybridized carbons (Fsp3) is 0.476. The minimum atomic E-state index is -0.591. The lowest BCUT2D eigenvalue weighted by Gasteiger charge is -2.43. The van der Waals surface area contributed by atoms with Crippen molar-refractivity contribution in [2.75, 3.05) is 13.1 Å². The fourth-order valence-corrected chi connectivity index (χ4v) is 3.50. The number of aryl methyl sites for hydroxylation is 1. The molecular weight excluding hydrogens is 296 g/mol. The van der Waals surface area contributed by atoms with Gasteiger partial charge in [0.1, 0.15) is 0 Å². The SMILES string of the molecule is CCc1ccc(CN2CC[C@](C)(O)[C@H](Cc3ccccc3)C2)nc1. The Bertz CT molecular complexity index is 637. The molecular formula is C21H28N2O. The van der Waals surface area contributed by atoms with Crippen molar-refractivity contribution < 1.29 is 5.11 Å². The topological polar surface area (TPSA) is 36.4 Å². The van der Waals surface area contributed by atoms with Gasteiger partial charge in [0.05, 0.1) is 11.3 Å². The van der Waals surface area contributed by atoms with Crippen LogP contribution in [0.15, 0.2) is 48.7 Å². The Morgan fingerprint density at radius 1 is 1.17 bits per heavy atom. The summed E-state index contributed by atoms with van der Waals surface area (Å²) < 4.78 is 0. The van der Waals surface area contributed by atoms with Gasteiger partial charge in [-0.15, -0.1) is 0 Å². The number of aliphatic hydroxyl groups is 1. The number of benzene rings is 1. The van der Waals surface area contributed by atoms with Crippen molar-refractivity contribution in [1.29, 1.82) is 0 Å². The summed E-state index contributed by atoms with van der Waals surface area (Å²) in [7, 11) is 0. The van der Waals surface area contributed by atoms with E-state index in [0.29, 0.717) is 0 Å². The van der Waals surface area contributed by atoms with Crippen molar-refractivity contribution in [3.63, 3.8) is 0 Å². The predicted molar refractivity (Wildman–Crippen MR) is 97.8 cm³/mol. The quantitative estimate of drug-likeness (QED) is 0.915. The summed E-state index contributed by atoms with van der Waals surface area (Å²) in [6.45, 7) is 6.85. The van der Waals surface area contributed by atoms with Gasteiger partial charge >= 0.3 is 0 Å². The number of pyridine rings is 1. The minimum Gasteiger partial charge on any atom is -0.390 e. The van der Waals surface area contributed by atoms with Crippen LogP contribution in [0.3, 0.4) is 0 Å². The van der Waals surface area contributed by atoms with Crippen LogP contribution in [0, 0.1) is 5.92 Å². The Kier molecular flexibility index (Phi) is 5.32. The van der Waals surface area contributed by atoms with Crippen LogP contribution in [-0.4, -0.2) is 33.7 Å². The van der Waals surface area contributed by atoms with E-state index >= 15 is 0 Å². The molecule has 1 aromatic carbocycles. The largest absolute Gasteiger partial charge is 0.390 e. The Morgan fingerprint density at radius 3 is 2.62 bits per heavy atom. The highest BCUT2D eigenvalue weighted by Gasteiger charge is 2.37. The molecule has 1 aromatic heterocycles. The van der Waals surface area contributed by atoms with Gasteiger partial charge in [-0.05, 0) is 43.4 Å². The summed E-state index contributed by atoms with van der Waals surface area (Å²) in [4.78, 5) is 7.01. The van der Waals surface area contributed by atoms with E-state index in [1.165, 1.54) is 11.1 Å². The van der Waals surface area contributed by atoms with Crippen molar-refractivity contribution in [2.45, 2.75) is 45.3 Å². The number of hydrogen-bond donors (Lipinski definition) is 1. The van der Waals surface area contributed by atoms with Crippen LogP contribution in [0.25, 0.3) is 0 Å². The molecule has 1 aliphatic heterocycles. The molecule has 3 nitrogen and oxygen atoms in total. The van der Waals surface area contributed by atoms with Gasteiger partial charge in [-0.2, -0.15) is 0 Å². The minimum absolute atomic E-state index is 0.253. The second-order valence-corrected chi connectivity index (χ2v) is 7.24. The molecule has 3 rings (SSSR count). The normalized spacial score (nSPS) is 24.9. The summed E-state index contributed by atoms with van der Waals surface area (Å²) in [5.41, 5.74) is 3.11. The Morgan fingerprint density at radius 2 is 1.96 bits per heavy atom. The van der Waals surface area contributed by atoms with Crippen molar-refractivity contribution in [2.24, 2.45) is 5.92 Å². The average Bonchev–Trinajstić information content (AvgIpc) is 2.60. The van der Waals surface area contributed by atoms with Gasteiger partial charge in [0.25, 0.3) is 0 Å². The van der Waals surface area contributed by atoms with Gasteiger partial charge in [0, 0.05) is 31.7 Å². The van der Waals surface area contributed by atoms with Gasteiger partial charge in [0.2, 0.25) is 0 Å². The smallest absolute Gasteiger partial charge is 0.0675 e. The van der Waals surface area contributed by atoms with E-state index in [1.54, 1.807) is 0 Å². The highest BCUT2D eigenvalue weighted by Crippen LogP contribution is 2.31. The van der Waals surface area contributed by atoms with Gasteiger partial charge in [0.15, 0.2) is 0 Å². The van der Waals surface area contributed by atoms with E-state index < -0.39 is 5.60 Å². The van der Waals surface area contributed by atoms with Crippen LogP contribution in [0.4, 0.5) is 0 Å². The molecule has 2 aromatic rings. The third-order valence-electron chi connectivity index (χ3n) is 5.30. The fourth-order valence-electron chi connectivity index (χ4n) is 3.50. The summed E-state index contributed by atoms with van der Waals surface area (Å²) in [6.07, 6.45) is 4.75. The lowest BCUT2D eigenvalue weighted by atomic mass is 9.79. The standard InChI is InChI=1S/C21H28N2O/c1-3-17-9-10-20(22-14-17)16-23-12-11-21(2,24)19(15-23)13-18-7-5-4-6-8-18/h4-10,14,19,24H,3,11-13,15-16H2,1-2H3/t19-,21+/m1/s1. The van der Waals surface area contributed by atoms with Gasteiger partial charge in [-0.25, -0.2) is 0 Å². The second-order valence-electron chi connectivity index (χ2n) is 7.24. The highest BCUT2D eigenvalue weighted by molar-refractivity contribution is 5.17. The van der Waals surface area contributed by atoms with Crippen molar-refractivity contribution in [3.8, 4) is 0 Å². The summed E-state index contributed by atoms with van der Waals surface area (Å²) in [6, 6.07) is 14.8. The molecule has 1 aliphatic rings. The monoisotopic (exact) mass is 324 g/mol. The van der Waals surface area contributed by atoms with Crippen molar-refractivity contribution >= 4 is 0 Å². The van der Waals surface area contributed by atoms with Crippen LogP contribution in [-0.2, 0) is 19.4 Å². The number of hydrogen-bond acceptors (Lipinski definition) is 3. The Balaban J connectivity index is 1.65. The molecule has 2 heterocycles. The van der Waals surface area contributed by atoms with Gasteiger partial charge in [-0.1, -0.05) is 43.3 Å². The lowest BCUT2D eigenvalue weighted by molar-refractivity contribution is -0.0596. The Labute approximate surface area is 145 Å². The molecule has 0 radical (unpaired) electrons. The maximum absolute atomic E-state index is 10.8. The molecule has 3 heteroatoms. The zero-order valence-corrected chi connectivity index (χ0v) is 14.8. The summed E-state index contributed by atoms with van der Waals surface area (Å²) in [5.74, 6) is 0.253. The molecule has 24 heavy (non-hydrogen) atoms. The number of piperidine rings is 1. The van der Waals surface area contributed by atoms with E-state index in [1.807, 2.05) is 19.2 Å². The molecule has 1 N–H and O–H groups in total. The van der Waals surface area contributed by atoms with Crippen LogP contribution in [0.2, 0.25) is 0 Å². The number of likely N-dealkylation sites (tertiary alicyclic amines) is 1. The van der Waals surface area contributed by atoms with Crippen LogP contribution >= 0.6 is 0 Å². The van der Waals surface area contributed by atoms with Gasteiger partial charge < -0.3 is 5.11 Å². The first-order chi connectivity index (χ1) is 11.6. The molecule has 0 saturated carbocycles. The third kappa shape index (κ3) is 4.22. The van der Waals surface area contributed by atoms with Crippen LogP contribution < -0.4 is 0 Å². The first-order valence-corrected chi connectivity index (χ1v) is 8.99. The molecule has 0 bridgehead atoms. The maximum Gasteiger partial charge on any atom is 0.0675 e. The maximum atomic E-state index is 10.8. The van der Waals surface area contributed by atoms with E-state index in [0.717, 1.165) is 44.6 Å². The lowest BCUT2D eigenvalue weighted by Crippen LogP contribution is -2.50. The average molecular weight is 324 g/mol. The van der Waals surface area contributed by atoms with Gasteiger partial charge in [-0.3, -0.25) is 9.88 Å². The molecule has 1 fully saturated rings. The predicted octanol–water partition coefficient (Wildman–Crippen LogP) is 3.46. The van der Waals surface area contributed by atoms with Crippen molar-refractivity contribution in [1.82, 2.24) is 9.88 Å². The number of nitrogens with zero attached hydrogens (tertiary/aromatic N) is 2. The third-order valence-corrected chi connectivity index (χ3v) is 5.30. The van der Waals surface area contributed by atoms with E-state index in [4.69, 9.17) is 0 Å².